The molecule has 0 unspecified atom stereocenters. The molecule has 0 aliphatic heterocycles. The van der Waals surface area contributed by atoms with Crippen LogP contribution < -0.4 is 26.3 Å². The number of aromatic nitrogens is 4. The minimum atomic E-state index is -2.64. The molecule has 11 heteroatoms. The second-order valence-corrected chi connectivity index (χ2v) is 9.27. The molecule has 194 valence electrons. The van der Waals surface area contributed by atoms with Gasteiger partial charge < -0.3 is 9.47 Å². The maximum Gasteiger partial charge on any atom is 0.331 e. The number of benzene rings is 1. The van der Waals surface area contributed by atoms with E-state index in [1.54, 1.807) is 0 Å². The highest BCUT2D eigenvalue weighted by Gasteiger charge is 2.34. The first-order chi connectivity index (χ1) is 17.2. The van der Waals surface area contributed by atoms with Gasteiger partial charge in [0, 0.05) is 32.9 Å². The molecule has 0 amide bonds. The van der Waals surface area contributed by atoms with Crippen molar-refractivity contribution in [2.45, 2.75) is 57.9 Å². The highest BCUT2D eigenvalue weighted by atomic mass is 19.3. The molecule has 1 aliphatic carbocycles. The highest BCUT2D eigenvalue weighted by molar-refractivity contribution is 5.72. The van der Waals surface area contributed by atoms with Crippen molar-refractivity contribution in [2.24, 2.45) is 13.0 Å². The molecule has 0 saturated heterocycles. The number of ether oxygens (including phenoxy) is 2. The van der Waals surface area contributed by atoms with Crippen LogP contribution in [0.2, 0.25) is 0 Å². The van der Waals surface area contributed by atoms with E-state index >= 15 is 0 Å². The number of nitrogens with zero attached hydrogens (tertiary/aromatic N) is 3. The van der Waals surface area contributed by atoms with Gasteiger partial charge in [-0.05, 0) is 43.7 Å². The molecule has 1 N–H and O–H groups in total. The molecule has 36 heavy (non-hydrogen) atoms. The summed E-state index contributed by atoms with van der Waals surface area (Å²) in [5, 5.41) is 0. The smallest absolute Gasteiger partial charge is 0.331 e. The number of nitrogens with one attached hydrogen (secondary N) is 1. The lowest BCUT2D eigenvalue weighted by Crippen LogP contribution is -2.41. The van der Waals surface area contributed by atoms with Crippen molar-refractivity contribution < 1.29 is 18.3 Å². The van der Waals surface area contributed by atoms with Crippen LogP contribution in [0.3, 0.4) is 0 Å². The summed E-state index contributed by atoms with van der Waals surface area (Å²) in [7, 11) is 1.31. The second kappa shape index (κ2) is 10.6. The molecule has 0 bridgehead atoms. The molecule has 0 spiro atoms. The van der Waals surface area contributed by atoms with E-state index in [9.17, 15) is 23.2 Å². The second-order valence-electron chi connectivity index (χ2n) is 9.27. The number of para-hydroxylation sites is 1. The van der Waals surface area contributed by atoms with Crippen molar-refractivity contribution in [1.82, 2.24) is 19.1 Å². The number of H-pyrrole nitrogens is 1. The van der Waals surface area contributed by atoms with Crippen LogP contribution in [0.4, 0.5) is 8.78 Å². The van der Waals surface area contributed by atoms with Crippen molar-refractivity contribution in [3.8, 4) is 11.8 Å². The summed E-state index contributed by atoms with van der Waals surface area (Å²) in [5.41, 5.74) is -1.33. The Morgan fingerprint density at radius 3 is 2.53 bits per heavy atom. The van der Waals surface area contributed by atoms with Crippen molar-refractivity contribution >= 4 is 11.0 Å². The van der Waals surface area contributed by atoms with Gasteiger partial charge in [0.15, 0.2) is 5.52 Å². The van der Waals surface area contributed by atoms with Crippen LogP contribution in [-0.4, -0.2) is 38.2 Å². The molecule has 4 rings (SSSR count). The Hall–Kier alpha value is -3.50. The topological polar surface area (TPSA) is 108 Å². The Labute approximate surface area is 205 Å². The van der Waals surface area contributed by atoms with Crippen LogP contribution in [0.1, 0.15) is 44.1 Å². The maximum atomic E-state index is 13.5. The lowest BCUT2D eigenvalue weighted by Gasteiger charge is -2.28. The van der Waals surface area contributed by atoms with E-state index in [0.717, 1.165) is 15.9 Å². The lowest BCUT2D eigenvalue weighted by molar-refractivity contribution is -0.0468. The summed E-state index contributed by atoms with van der Waals surface area (Å²) in [6, 6.07) is 7.51. The van der Waals surface area contributed by atoms with Crippen molar-refractivity contribution in [1.29, 1.82) is 0 Å². The highest BCUT2D eigenvalue weighted by Crippen LogP contribution is 2.37. The average Bonchev–Trinajstić information content (AvgIpc) is 2.84. The fourth-order valence-electron chi connectivity index (χ4n) is 4.47. The largest absolute Gasteiger partial charge is 0.493 e. The van der Waals surface area contributed by atoms with Crippen molar-refractivity contribution in [3.05, 3.63) is 61.0 Å². The predicted molar refractivity (Wildman–Crippen MR) is 130 cm³/mol. The van der Waals surface area contributed by atoms with Crippen LogP contribution in [0, 0.1) is 12.8 Å². The maximum absolute atomic E-state index is 13.5. The molecule has 1 saturated carbocycles. The van der Waals surface area contributed by atoms with Gasteiger partial charge in [0.2, 0.25) is 5.92 Å². The van der Waals surface area contributed by atoms with Gasteiger partial charge in [-0.2, -0.15) is 4.98 Å². The summed E-state index contributed by atoms with van der Waals surface area (Å²) < 4.78 is 40.3. The number of aromatic amines is 1. The Morgan fingerprint density at radius 1 is 1.11 bits per heavy atom. The Morgan fingerprint density at radius 2 is 1.81 bits per heavy atom. The molecule has 1 aliphatic rings. The van der Waals surface area contributed by atoms with Gasteiger partial charge >= 0.3 is 5.69 Å². The van der Waals surface area contributed by atoms with Crippen LogP contribution >= 0.6 is 0 Å². The molecule has 0 radical (unpaired) electrons. The molecule has 2 heterocycles. The Balaban J connectivity index is 1.47. The van der Waals surface area contributed by atoms with Gasteiger partial charge in [0.1, 0.15) is 11.3 Å². The van der Waals surface area contributed by atoms with Gasteiger partial charge in [-0.15, -0.1) is 0 Å². The zero-order valence-corrected chi connectivity index (χ0v) is 20.4. The van der Waals surface area contributed by atoms with Gasteiger partial charge in [0.05, 0.1) is 13.2 Å². The fraction of sp³-hybridized carbons (Fsp3) is 0.520. The van der Waals surface area contributed by atoms with Gasteiger partial charge in [-0.25, -0.2) is 13.6 Å². The van der Waals surface area contributed by atoms with E-state index in [1.807, 2.05) is 31.2 Å². The van der Waals surface area contributed by atoms with Gasteiger partial charge in [-0.1, -0.05) is 18.2 Å². The standard InChI is InChI=1S/C25H30F2N4O5/c1-16-6-3-4-7-18(16)35-14-5-15-36-23-28-19-20(21(32)29-23)31(24(34)30(2)22(19)33)13-10-17-8-11-25(26,27)12-9-17/h3-4,6-7,17H,5,8-15H2,1-2H3,(H,28,29,32). The molecule has 1 fully saturated rings. The Kier molecular flexibility index (Phi) is 7.56. The van der Waals surface area contributed by atoms with Crippen LogP contribution in [-0.2, 0) is 13.6 Å². The molecule has 0 atom stereocenters. The van der Waals surface area contributed by atoms with E-state index in [-0.39, 0.29) is 49.0 Å². The number of hydrogen-bond donors (Lipinski definition) is 1. The van der Waals surface area contributed by atoms with E-state index < -0.39 is 22.7 Å². The van der Waals surface area contributed by atoms with E-state index in [1.165, 1.54) is 11.6 Å². The third-order valence-corrected chi connectivity index (χ3v) is 6.64. The number of rotatable bonds is 9. The normalized spacial score (nSPS) is 15.8. The predicted octanol–water partition coefficient (Wildman–Crippen LogP) is 3.16. The summed E-state index contributed by atoms with van der Waals surface area (Å²) in [5.74, 6) is -1.85. The van der Waals surface area contributed by atoms with Crippen molar-refractivity contribution in [2.75, 3.05) is 13.2 Å². The molecule has 9 nitrogen and oxygen atoms in total. The first kappa shape index (κ1) is 25.6. The first-order valence-corrected chi connectivity index (χ1v) is 12.1. The minimum Gasteiger partial charge on any atom is -0.493 e. The summed E-state index contributed by atoms with van der Waals surface area (Å²) in [4.78, 5) is 45.0. The summed E-state index contributed by atoms with van der Waals surface area (Å²) in [6.45, 7) is 2.65. The van der Waals surface area contributed by atoms with Crippen LogP contribution in [0.15, 0.2) is 38.6 Å². The monoisotopic (exact) mass is 504 g/mol. The number of hydrogen-bond acceptors (Lipinski definition) is 6. The SMILES string of the molecule is Cc1ccccc1OCCCOc1nc2c(=O)n(C)c(=O)n(CCC3CCC(F)(F)CC3)c2c(=O)[nH]1. The third-order valence-electron chi connectivity index (χ3n) is 6.64. The molecule has 2 aromatic heterocycles. The van der Waals surface area contributed by atoms with Crippen LogP contribution in [0.5, 0.6) is 11.8 Å². The molecular formula is C25H30F2N4O5. The third kappa shape index (κ3) is 5.66. The Bertz CT molecular complexity index is 1400. The number of fused-ring (bicyclic) bond motifs is 1. The van der Waals surface area contributed by atoms with Gasteiger partial charge in [0.25, 0.3) is 17.1 Å². The lowest BCUT2D eigenvalue weighted by atomic mass is 9.85. The van der Waals surface area contributed by atoms with Crippen LogP contribution in [0.25, 0.3) is 11.0 Å². The number of halogens is 2. The van der Waals surface area contributed by atoms with E-state index in [4.69, 9.17) is 9.47 Å². The quantitative estimate of drug-likeness (QED) is 0.449. The minimum absolute atomic E-state index is 0.0142. The molecule has 3 aromatic rings. The fourth-order valence-corrected chi connectivity index (χ4v) is 4.47. The number of aryl methyl sites for hydroxylation is 2. The van der Waals surface area contributed by atoms with E-state index in [0.29, 0.717) is 32.3 Å². The van der Waals surface area contributed by atoms with Gasteiger partial charge in [-0.3, -0.25) is 23.7 Å². The average molecular weight is 505 g/mol. The first-order valence-electron chi connectivity index (χ1n) is 12.1. The van der Waals surface area contributed by atoms with Crippen molar-refractivity contribution in [3.63, 3.8) is 0 Å². The molecule has 1 aromatic carbocycles. The summed E-state index contributed by atoms with van der Waals surface area (Å²) in [6.07, 6.45) is 1.30. The zero-order valence-electron chi connectivity index (χ0n) is 20.4. The zero-order chi connectivity index (χ0) is 25.9. The molecular weight excluding hydrogens is 474 g/mol. The van der Waals surface area contributed by atoms with E-state index in [2.05, 4.69) is 9.97 Å². The summed E-state index contributed by atoms with van der Waals surface area (Å²) >= 11 is 0. The number of alkyl halides is 2.